The van der Waals surface area contributed by atoms with Crippen LogP contribution in [-0.4, -0.2) is 12.6 Å². The van der Waals surface area contributed by atoms with Crippen LogP contribution in [0.4, 0.5) is 10.5 Å². The summed E-state index contributed by atoms with van der Waals surface area (Å²) in [6.45, 7) is 4.95. The Bertz CT molecular complexity index is 364. The molecule has 3 nitrogen and oxygen atoms in total. The molecule has 0 aromatic heterocycles. The monoisotopic (exact) mass is 254 g/mol. The molecule has 0 aliphatic rings. The van der Waals surface area contributed by atoms with Gasteiger partial charge in [0.15, 0.2) is 0 Å². The average molecular weight is 255 g/mol. The van der Waals surface area contributed by atoms with Crippen LogP contribution in [0.25, 0.3) is 0 Å². The molecule has 0 aliphatic carbocycles. The standard InChI is InChI=1S/C13H19ClN2O/c1-3-10(4-2)9-15-13(17)16-12-8-6-5-7-11(12)14/h5-8,10H,3-4,9H2,1-2H3,(H2,15,16,17). The lowest BCUT2D eigenvalue weighted by Gasteiger charge is -2.14. The first-order valence-electron chi connectivity index (χ1n) is 5.96. The predicted octanol–water partition coefficient (Wildman–Crippen LogP) is 3.90. The molecule has 4 heteroatoms. The van der Waals surface area contributed by atoms with E-state index in [-0.39, 0.29) is 6.03 Å². The minimum atomic E-state index is -0.204. The summed E-state index contributed by atoms with van der Waals surface area (Å²) in [5.74, 6) is 0.534. The maximum atomic E-state index is 11.6. The van der Waals surface area contributed by atoms with Crippen LogP contribution >= 0.6 is 11.6 Å². The minimum absolute atomic E-state index is 0.204. The molecule has 0 spiro atoms. The molecule has 2 amide bonds. The van der Waals surface area contributed by atoms with E-state index in [1.807, 2.05) is 12.1 Å². The molecule has 0 bridgehead atoms. The Balaban J connectivity index is 2.42. The molecule has 1 rings (SSSR count). The van der Waals surface area contributed by atoms with Gasteiger partial charge >= 0.3 is 6.03 Å². The quantitative estimate of drug-likeness (QED) is 0.822. The average Bonchev–Trinajstić information content (AvgIpc) is 2.33. The van der Waals surface area contributed by atoms with Gasteiger partial charge in [-0.2, -0.15) is 0 Å². The highest BCUT2D eigenvalue weighted by molar-refractivity contribution is 6.33. The molecule has 0 atom stereocenters. The summed E-state index contributed by atoms with van der Waals surface area (Å²) >= 11 is 5.94. The predicted molar refractivity (Wildman–Crippen MR) is 72.5 cm³/mol. The fourth-order valence-electron chi connectivity index (χ4n) is 1.54. The largest absolute Gasteiger partial charge is 0.338 e. The van der Waals surface area contributed by atoms with Gasteiger partial charge in [0, 0.05) is 6.54 Å². The number of hydrogen-bond donors (Lipinski definition) is 2. The lowest BCUT2D eigenvalue weighted by molar-refractivity contribution is 0.249. The summed E-state index contributed by atoms with van der Waals surface area (Å²) in [5.41, 5.74) is 0.635. The highest BCUT2D eigenvalue weighted by Crippen LogP contribution is 2.20. The van der Waals surface area contributed by atoms with Gasteiger partial charge in [0.1, 0.15) is 0 Å². The smallest absolute Gasteiger partial charge is 0.319 e. The van der Waals surface area contributed by atoms with Crippen molar-refractivity contribution in [3.63, 3.8) is 0 Å². The van der Waals surface area contributed by atoms with E-state index in [1.54, 1.807) is 12.1 Å². The van der Waals surface area contributed by atoms with Gasteiger partial charge in [0.05, 0.1) is 10.7 Å². The zero-order valence-electron chi connectivity index (χ0n) is 10.3. The van der Waals surface area contributed by atoms with Crippen LogP contribution in [0.15, 0.2) is 24.3 Å². The zero-order chi connectivity index (χ0) is 12.7. The van der Waals surface area contributed by atoms with E-state index in [2.05, 4.69) is 24.5 Å². The van der Waals surface area contributed by atoms with Crippen molar-refractivity contribution in [3.8, 4) is 0 Å². The first-order chi connectivity index (χ1) is 8.17. The number of rotatable bonds is 5. The summed E-state index contributed by atoms with van der Waals surface area (Å²) in [7, 11) is 0. The second kappa shape index (κ2) is 7.17. The Morgan fingerprint density at radius 3 is 2.53 bits per heavy atom. The van der Waals surface area contributed by atoms with E-state index in [4.69, 9.17) is 11.6 Å². The Morgan fingerprint density at radius 2 is 1.94 bits per heavy atom. The molecule has 1 aromatic carbocycles. The van der Waals surface area contributed by atoms with Crippen molar-refractivity contribution in [1.29, 1.82) is 0 Å². The Morgan fingerprint density at radius 1 is 1.29 bits per heavy atom. The number of amides is 2. The summed E-state index contributed by atoms with van der Waals surface area (Å²) in [6.07, 6.45) is 2.14. The van der Waals surface area contributed by atoms with Crippen LogP contribution in [0, 0.1) is 5.92 Å². The molecule has 0 saturated carbocycles. The lowest BCUT2D eigenvalue weighted by Crippen LogP contribution is -2.32. The first-order valence-corrected chi connectivity index (χ1v) is 6.34. The van der Waals surface area contributed by atoms with E-state index >= 15 is 0 Å². The Labute approximate surface area is 108 Å². The van der Waals surface area contributed by atoms with E-state index in [0.717, 1.165) is 12.8 Å². The molecule has 0 fully saturated rings. The molecule has 0 aliphatic heterocycles. The van der Waals surface area contributed by atoms with Gasteiger partial charge in [0.2, 0.25) is 0 Å². The third-order valence-electron chi connectivity index (χ3n) is 2.83. The normalized spacial score (nSPS) is 10.4. The van der Waals surface area contributed by atoms with Crippen LogP contribution in [0.5, 0.6) is 0 Å². The molecular formula is C13H19ClN2O. The molecule has 17 heavy (non-hydrogen) atoms. The molecule has 0 radical (unpaired) electrons. The van der Waals surface area contributed by atoms with Crippen molar-refractivity contribution >= 4 is 23.3 Å². The van der Waals surface area contributed by atoms with Crippen molar-refractivity contribution in [2.24, 2.45) is 5.92 Å². The second-order valence-electron chi connectivity index (χ2n) is 4.00. The second-order valence-corrected chi connectivity index (χ2v) is 4.40. The first kappa shape index (κ1) is 13.8. The minimum Gasteiger partial charge on any atom is -0.338 e. The highest BCUT2D eigenvalue weighted by atomic mass is 35.5. The van der Waals surface area contributed by atoms with Crippen LogP contribution in [0.1, 0.15) is 26.7 Å². The SMILES string of the molecule is CCC(CC)CNC(=O)Nc1ccccc1Cl. The topological polar surface area (TPSA) is 41.1 Å². The molecule has 0 saturated heterocycles. The van der Waals surface area contributed by atoms with E-state index in [9.17, 15) is 4.79 Å². The van der Waals surface area contributed by atoms with E-state index in [0.29, 0.717) is 23.2 Å². The Kier molecular flexibility index (Phi) is 5.84. The summed E-state index contributed by atoms with van der Waals surface area (Å²) in [4.78, 5) is 11.6. The molecule has 0 heterocycles. The molecular weight excluding hydrogens is 236 g/mol. The van der Waals surface area contributed by atoms with Crippen molar-refractivity contribution < 1.29 is 4.79 Å². The zero-order valence-corrected chi connectivity index (χ0v) is 11.1. The third-order valence-corrected chi connectivity index (χ3v) is 3.16. The summed E-state index contributed by atoms with van der Waals surface area (Å²) in [5, 5.41) is 6.13. The molecule has 0 unspecified atom stereocenters. The van der Waals surface area contributed by atoms with Crippen molar-refractivity contribution in [3.05, 3.63) is 29.3 Å². The Hall–Kier alpha value is -1.22. The number of urea groups is 1. The lowest BCUT2D eigenvalue weighted by atomic mass is 10.0. The number of hydrogen-bond acceptors (Lipinski definition) is 1. The van der Waals surface area contributed by atoms with Gasteiger partial charge < -0.3 is 10.6 Å². The van der Waals surface area contributed by atoms with Crippen LogP contribution in [0.3, 0.4) is 0 Å². The number of nitrogens with one attached hydrogen (secondary N) is 2. The highest BCUT2D eigenvalue weighted by Gasteiger charge is 2.07. The van der Waals surface area contributed by atoms with Gasteiger partial charge in [-0.05, 0) is 18.1 Å². The third kappa shape index (κ3) is 4.65. The van der Waals surface area contributed by atoms with E-state index < -0.39 is 0 Å². The van der Waals surface area contributed by atoms with Gasteiger partial charge in [-0.15, -0.1) is 0 Å². The van der Waals surface area contributed by atoms with Crippen molar-refractivity contribution in [2.45, 2.75) is 26.7 Å². The van der Waals surface area contributed by atoms with Gasteiger partial charge in [0.25, 0.3) is 0 Å². The number of para-hydroxylation sites is 1. The van der Waals surface area contributed by atoms with E-state index in [1.165, 1.54) is 0 Å². The number of anilines is 1. The van der Waals surface area contributed by atoms with Crippen molar-refractivity contribution in [2.75, 3.05) is 11.9 Å². The molecule has 2 N–H and O–H groups in total. The van der Waals surface area contributed by atoms with Gasteiger partial charge in [-0.25, -0.2) is 4.79 Å². The maximum absolute atomic E-state index is 11.6. The van der Waals surface area contributed by atoms with Gasteiger partial charge in [-0.1, -0.05) is 50.4 Å². The molecule has 1 aromatic rings. The maximum Gasteiger partial charge on any atom is 0.319 e. The number of halogens is 1. The fourth-order valence-corrected chi connectivity index (χ4v) is 1.73. The summed E-state index contributed by atoms with van der Waals surface area (Å²) < 4.78 is 0. The molecule has 94 valence electrons. The van der Waals surface area contributed by atoms with Crippen LogP contribution in [-0.2, 0) is 0 Å². The van der Waals surface area contributed by atoms with Gasteiger partial charge in [-0.3, -0.25) is 0 Å². The number of benzene rings is 1. The van der Waals surface area contributed by atoms with Crippen molar-refractivity contribution in [1.82, 2.24) is 5.32 Å². The summed E-state index contributed by atoms with van der Waals surface area (Å²) in [6, 6.07) is 6.99. The number of carbonyl (C=O) groups is 1. The fraction of sp³-hybridized carbons (Fsp3) is 0.462. The van der Waals surface area contributed by atoms with Crippen LogP contribution in [0.2, 0.25) is 5.02 Å². The number of carbonyl (C=O) groups excluding carboxylic acids is 1. The van der Waals surface area contributed by atoms with Crippen LogP contribution < -0.4 is 10.6 Å².